The highest BCUT2D eigenvalue weighted by Crippen LogP contribution is 2.33. The predicted octanol–water partition coefficient (Wildman–Crippen LogP) is 5.18. The lowest BCUT2D eigenvalue weighted by Gasteiger charge is -2.17. The number of rotatable bonds is 6. The summed E-state index contributed by atoms with van der Waals surface area (Å²) in [6, 6.07) is 11.4. The van der Waals surface area contributed by atoms with E-state index in [2.05, 4.69) is 16.7 Å². The van der Waals surface area contributed by atoms with Crippen LogP contribution in [0.2, 0.25) is 0 Å². The standard InChI is InChI=1S/C26H22F4N4O2/c1-4-17-15-34(14-16-5-7-18(8-6-16)21-11-12-33(3)32-21)25(35)23(17)24(31-2)36-22-10-9-19(13-20(22)27)26(28,29)30/h4-13H,1,14-15H2,2-3H3/b31-24+. The van der Waals surface area contributed by atoms with Gasteiger partial charge in [-0.2, -0.15) is 18.3 Å². The normalized spacial score (nSPS) is 14.6. The molecule has 186 valence electrons. The minimum absolute atomic E-state index is 0.0805. The summed E-state index contributed by atoms with van der Waals surface area (Å²) in [6.07, 6.45) is -1.37. The Morgan fingerprint density at radius 1 is 1.19 bits per heavy atom. The van der Waals surface area contributed by atoms with Gasteiger partial charge >= 0.3 is 6.18 Å². The van der Waals surface area contributed by atoms with Crippen molar-refractivity contribution in [3.8, 4) is 17.0 Å². The molecule has 0 saturated heterocycles. The van der Waals surface area contributed by atoms with Crippen LogP contribution >= 0.6 is 0 Å². The molecule has 0 saturated carbocycles. The maximum absolute atomic E-state index is 14.3. The molecule has 1 amide bonds. The number of aryl methyl sites for hydroxylation is 1. The van der Waals surface area contributed by atoms with E-state index in [0.717, 1.165) is 22.9 Å². The molecule has 0 N–H and O–H groups in total. The largest absolute Gasteiger partial charge is 0.435 e. The topological polar surface area (TPSA) is 59.7 Å². The average molecular weight is 498 g/mol. The van der Waals surface area contributed by atoms with Crippen molar-refractivity contribution >= 4 is 11.8 Å². The van der Waals surface area contributed by atoms with Gasteiger partial charge in [-0.15, -0.1) is 0 Å². The van der Waals surface area contributed by atoms with Crippen LogP contribution in [0.15, 0.2) is 83.5 Å². The second-order valence-corrected chi connectivity index (χ2v) is 8.11. The van der Waals surface area contributed by atoms with E-state index in [0.29, 0.717) is 17.7 Å². The van der Waals surface area contributed by atoms with Crippen LogP contribution in [-0.4, -0.2) is 40.1 Å². The van der Waals surface area contributed by atoms with E-state index in [-0.39, 0.29) is 24.6 Å². The molecular formula is C26H22F4N4O2. The van der Waals surface area contributed by atoms with E-state index in [9.17, 15) is 22.4 Å². The van der Waals surface area contributed by atoms with Gasteiger partial charge in [-0.05, 0) is 35.4 Å². The molecule has 1 aliphatic heterocycles. The number of aromatic nitrogens is 2. The van der Waals surface area contributed by atoms with Gasteiger partial charge in [0.25, 0.3) is 5.91 Å². The van der Waals surface area contributed by atoms with Crippen molar-refractivity contribution < 1.29 is 27.1 Å². The van der Waals surface area contributed by atoms with Gasteiger partial charge in [-0.25, -0.2) is 4.39 Å². The summed E-state index contributed by atoms with van der Waals surface area (Å²) in [5.41, 5.74) is 2.08. The number of alkyl halides is 3. The highest BCUT2D eigenvalue weighted by Gasteiger charge is 2.35. The zero-order chi connectivity index (χ0) is 26.0. The molecule has 1 aromatic heterocycles. The minimum Gasteiger partial charge on any atom is -0.435 e. The highest BCUT2D eigenvalue weighted by atomic mass is 19.4. The van der Waals surface area contributed by atoms with Crippen molar-refractivity contribution in [2.45, 2.75) is 12.7 Å². The van der Waals surface area contributed by atoms with Gasteiger partial charge in [0.05, 0.1) is 11.3 Å². The van der Waals surface area contributed by atoms with Crippen molar-refractivity contribution in [3.63, 3.8) is 0 Å². The smallest absolute Gasteiger partial charge is 0.416 e. The van der Waals surface area contributed by atoms with Crippen molar-refractivity contribution in [2.75, 3.05) is 13.6 Å². The summed E-state index contributed by atoms with van der Waals surface area (Å²) in [5.74, 6) is -2.31. The Balaban J connectivity index is 1.51. The number of ether oxygens (including phenoxy) is 1. The molecule has 0 radical (unpaired) electrons. The Hall–Kier alpha value is -4.21. The van der Waals surface area contributed by atoms with Crippen molar-refractivity contribution in [2.24, 2.45) is 12.0 Å². The van der Waals surface area contributed by atoms with Crippen LogP contribution < -0.4 is 4.74 Å². The quantitative estimate of drug-likeness (QED) is 0.268. The molecule has 10 heteroatoms. The molecule has 0 aliphatic carbocycles. The first kappa shape index (κ1) is 24.9. The summed E-state index contributed by atoms with van der Waals surface area (Å²) in [7, 11) is 3.18. The van der Waals surface area contributed by atoms with Crippen molar-refractivity contribution in [1.29, 1.82) is 0 Å². The predicted molar refractivity (Wildman–Crippen MR) is 127 cm³/mol. The summed E-state index contributed by atoms with van der Waals surface area (Å²) < 4.78 is 60.1. The number of amides is 1. The molecule has 2 heterocycles. The van der Waals surface area contributed by atoms with E-state index in [1.54, 1.807) is 9.58 Å². The van der Waals surface area contributed by atoms with Crippen LogP contribution in [-0.2, 0) is 24.6 Å². The molecule has 0 unspecified atom stereocenters. The van der Waals surface area contributed by atoms with Gasteiger partial charge < -0.3 is 9.64 Å². The van der Waals surface area contributed by atoms with Gasteiger partial charge in [0.15, 0.2) is 11.6 Å². The van der Waals surface area contributed by atoms with Gasteiger partial charge in [0, 0.05) is 38.9 Å². The highest BCUT2D eigenvalue weighted by molar-refractivity contribution is 6.21. The molecule has 6 nitrogen and oxygen atoms in total. The SMILES string of the molecule is C=CC1=C(/C(=N\C)Oc2ccc(C(F)(F)F)cc2F)C(=O)N(Cc2ccc(-c3ccn(C)n3)cc2)C1. The van der Waals surface area contributed by atoms with Crippen LogP contribution in [0.5, 0.6) is 5.75 Å². The molecule has 0 fully saturated rings. The molecule has 36 heavy (non-hydrogen) atoms. The molecule has 2 aromatic carbocycles. The lowest BCUT2D eigenvalue weighted by atomic mass is 10.1. The molecule has 1 aliphatic rings. The fourth-order valence-corrected chi connectivity index (χ4v) is 3.82. The van der Waals surface area contributed by atoms with Crippen LogP contribution in [0.3, 0.4) is 0 Å². The van der Waals surface area contributed by atoms with E-state index < -0.39 is 29.2 Å². The summed E-state index contributed by atoms with van der Waals surface area (Å²) in [5, 5.41) is 4.37. The van der Waals surface area contributed by atoms with Gasteiger partial charge in [-0.1, -0.05) is 36.9 Å². The van der Waals surface area contributed by atoms with E-state index in [1.165, 1.54) is 13.1 Å². The maximum Gasteiger partial charge on any atom is 0.416 e. The molecule has 4 rings (SSSR count). The van der Waals surface area contributed by atoms with Crippen molar-refractivity contribution in [1.82, 2.24) is 14.7 Å². The third-order valence-corrected chi connectivity index (χ3v) is 5.65. The minimum atomic E-state index is -4.70. The number of halogens is 4. The second-order valence-electron chi connectivity index (χ2n) is 8.11. The fraction of sp³-hybridized carbons (Fsp3) is 0.192. The zero-order valence-corrected chi connectivity index (χ0v) is 19.5. The monoisotopic (exact) mass is 498 g/mol. The molecule has 3 aromatic rings. The molecule has 0 bridgehead atoms. The lowest BCUT2D eigenvalue weighted by Crippen LogP contribution is -2.29. The van der Waals surface area contributed by atoms with Gasteiger partial charge in [0.1, 0.15) is 5.57 Å². The van der Waals surface area contributed by atoms with Crippen molar-refractivity contribution in [3.05, 3.63) is 95.5 Å². The van der Waals surface area contributed by atoms with Crippen LogP contribution in [0.4, 0.5) is 17.6 Å². The number of hydrogen-bond donors (Lipinski definition) is 0. The first-order valence-corrected chi connectivity index (χ1v) is 10.9. The Labute approximate surface area is 204 Å². The average Bonchev–Trinajstić information content (AvgIpc) is 3.41. The number of aliphatic imine (C=N–C) groups is 1. The number of carbonyl (C=O) groups excluding carboxylic acids is 1. The Bertz CT molecular complexity index is 1370. The number of nitrogens with zero attached hydrogens (tertiary/aromatic N) is 4. The maximum atomic E-state index is 14.3. The van der Waals surface area contributed by atoms with Gasteiger partial charge in [0.2, 0.25) is 5.90 Å². The first-order valence-electron chi connectivity index (χ1n) is 10.9. The van der Waals surface area contributed by atoms with E-state index in [1.807, 2.05) is 43.6 Å². The number of hydrogen-bond acceptors (Lipinski definition) is 4. The molecule has 0 atom stereocenters. The van der Waals surface area contributed by atoms with E-state index >= 15 is 0 Å². The second kappa shape index (κ2) is 9.80. The third-order valence-electron chi connectivity index (χ3n) is 5.65. The zero-order valence-electron chi connectivity index (χ0n) is 19.5. The Morgan fingerprint density at radius 3 is 2.47 bits per heavy atom. The number of benzene rings is 2. The van der Waals surface area contributed by atoms with E-state index in [4.69, 9.17) is 4.74 Å². The van der Waals surface area contributed by atoms with Crippen LogP contribution in [0.1, 0.15) is 11.1 Å². The summed E-state index contributed by atoms with van der Waals surface area (Å²) >= 11 is 0. The summed E-state index contributed by atoms with van der Waals surface area (Å²) in [4.78, 5) is 18.7. The number of carbonyl (C=O) groups is 1. The Kier molecular flexibility index (Phi) is 6.78. The first-order chi connectivity index (χ1) is 17.1. The Morgan fingerprint density at radius 2 is 1.92 bits per heavy atom. The van der Waals surface area contributed by atoms with Gasteiger partial charge in [-0.3, -0.25) is 14.5 Å². The molecular weight excluding hydrogens is 476 g/mol. The summed E-state index contributed by atoms with van der Waals surface area (Å²) in [6.45, 7) is 4.25. The molecule has 0 spiro atoms. The third kappa shape index (κ3) is 5.07. The fourth-order valence-electron chi connectivity index (χ4n) is 3.82. The van der Waals surface area contributed by atoms with Crippen LogP contribution in [0, 0.1) is 5.82 Å². The lowest BCUT2D eigenvalue weighted by molar-refractivity contribution is -0.137. The van der Waals surface area contributed by atoms with Crippen LogP contribution in [0.25, 0.3) is 11.3 Å².